The number of hydrogen-bond donors (Lipinski definition) is 2. The molecule has 8 nitrogen and oxygen atoms in total. The molecule has 5 aromatic rings. The number of hydrogen-bond acceptors (Lipinski definition) is 6. The van der Waals surface area contributed by atoms with E-state index in [0.29, 0.717) is 45.7 Å². The van der Waals surface area contributed by atoms with Crippen molar-refractivity contribution in [3.63, 3.8) is 0 Å². The molecule has 0 saturated heterocycles. The minimum absolute atomic E-state index is 0.0347. The van der Waals surface area contributed by atoms with E-state index in [0.717, 1.165) is 36.8 Å². The first-order valence-electron chi connectivity index (χ1n) is 12.8. The molecule has 9 heteroatoms. The largest absolute Gasteiger partial charge is 0.392 e. The average Bonchev–Trinajstić information content (AvgIpc) is 3.86. The minimum atomic E-state index is -0.523. The molecule has 3 heterocycles. The predicted molar refractivity (Wildman–Crippen MR) is 142 cm³/mol. The molecule has 2 aliphatic carbocycles. The molecule has 0 aliphatic heterocycles. The van der Waals surface area contributed by atoms with Gasteiger partial charge in [-0.3, -0.25) is 14.0 Å². The number of anilines is 1. The van der Waals surface area contributed by atoms with Crippen molar-refractivity contribution in [2.24, 2.45) is 0 Å². The fourth-order valence-electron chi connectivity index (χ4n) is 5.12. The Kier molecular flexibility index (Phi) is 5.16. The highest BCUT2D eigenvalue weighted by atomic mass is 19.1. The van der Waals surface area contributed by atoms with E-state index in [1.807, 2.05) is 23.0 Å². The Morgan fingerprint density at radius 2 is 1.92 bits per heavy atom. The van der Waals surface area contributed by atoms with E-state index in [1.165, 1.54) is 10.6 Å². The number of halogens is 1. The summed E-state index contributed by atoms with van der Waals surface area (Å²) in [5.41, 5.74) is 9.39. The minimum Gasteiger partial charge on any atom is -0.392 e. The first-order valence-corrected chi connectivity index (χ1v) is 12.8. The lowest BCUT2D eigenvalue weighted by Gasteiger charge is -2.16. The second-order valence-electron chi connectivity index (χ2n) is 10.1. The van der Waals surface area contributed by atoms with Gasteiger partial charge in [-0.1, -0.05) is 18.2 Å². The molecule has 7 rings (SSSR count). The van der Waals surface area contributed by atoms with Gasteiger partial charge in [0.1, 0.15) is 11.6 Å². The zero-order valence-electron chi connectivity index (χ0n) is 20.5. The molecule has 2 saturated carbocycles. The topological polar surface area (TPSA) is 112 Å². The van der Waals surface area contributed by atoms with E-state index >= 15 is 4.39 Å². The Labute approximate surface area is 217 Å². The van der Waals surface area contributed by atoms with Gasteiger partial charge < -0.3 is 10.8 Å². The monoisotopic (exact) mass is 508 g/mol. The van der Waals surface area contributed by atoms with Gasteiger partial charge in [0.15, 0.2) is 5.82 Å². The van der Waals surface area contributed by atoms with Gasteiger partial charge in [0.2, 0.25) is 0 Å². The molecule has 3 N–H and O–H groups in total. The number of nitrogens with two attached hydrogens (primary N) is 1. The Bertz CT molecular complexity index is 1780. The summed E-state index contributed by atoms with van der Waals surface area (Å²) >= 11 is 0. The summed E-state index contributed by atoms with van der Waals surface area (Å²) in [4.78, 5) is 22.6. The first kappa shape index (κ1) is 22.8. The van der Waals surface area contributed by atoms with Crippen LogP contribution in [0.3, 0.4) is 0 Å². The van der Waals surface area contributed by atoms with Crippen molar-refractivity contribution >= 4 is 16.6 Å². The van der Waals surface area contributed by atoms with Crippen LogP contribution in [0.4, 0.5) is 10.2 Å². The van der Waals surface area contributed by atoms with Crippen LogP contribution in [0.1, 0.15) is 48.8 Å². The smallest absolute Gasteiger partial charge is 0.265 e. The molecular formula is C29H25FN6O2. The second-order valence-corrected chi connectivity index (χ2v) is 10.1. The van der Waals surface area contributed by atoms with Crippen molar-refractivity contribution < 1.29 is 9.50 Å². The van der Waals surface area contributed by atoms with Crippen molar-refractivity contribution in [1.82, 2.24) is 24.3 Å². The van der Waals surface area contributed by atoms with Gasteiger partial charge >= 0.3 is 0 Å². The van der Waals surface area contributed by atoms with Gasteiger partial charge in [-0.2, -0.15) is 5.10 Å². The molecule has 0 amide bonds. The van der Waals surface area contributed by atoms with Crippen LogP contribution in [0.25, 0.3) is 39.1 Å². The third kappa shape index (κ3) is 3.86. The van der Waals surface area contributed by atoms with E-state index in [-0.39, 0.29) is 17.8 Å². The molecule has 2 fully saturated rings. The van der Waals surface area contributed by atoms with E-state index < -0.39 is 11.4 Å². The number of nitrogens with zero attached hydrogens (tertiary/aromatic N) is 5. The summed E-state index contributed by atoms with van der Waals surface area (Å²) in [6.45, 7) is -0.363. The maximum absolute atomic E-state index is 15.1. The number of fused-ring (bicyclic) bond motifs is 1. The average molecular weight is 509 g/mol. The highest BCUT2D eigenvalue weighted by Gasteiger charge is 2.26. The first-order chi connectivity index (χ1) is 18.5. The maximum Gasteiger partial charge on any atom is 0.265 e. The van der Waals surface area contributed by atoms with Crippen LogP contribution in [0.15, 0.2) is 65.8 Å². The quantitative estimate of drug-likeness (QED) is 0.343. The number of nitrogen functional groups attached to an aromatic ring is 1. The van der Waals surface area contributed by atoms with Gasteiger partial charge in [0.05, 0.1) is 41.2 Å². The zero-order chi connectivity index (χ0) is 26.0. The highest BCUT2D eigenvalue weighted by Crippen LogP contribution is 2.41. The summed E-state index contributed by atoms with van der Waals surface area (Å²) < 4.78 is 18.4. The van der Waals surface area contributed by atoms with Gasteiger partial charge in [0, 0.05) is 29.6 Å². The van der Waals surface area contributed by atoms with Crippen LogP contribution in [-0.2, 0) is 6.61 Å². The van der Waals surface area contributed by atoms with E-state index in [2.05, 4.69) is 10.1 Å². The third-order valence-corrected chi connectivity index (χ3v) is 7.40. The molecule has 2 aliphatic rings. The Morgan fingerprint density at radius 1 is 1.08 bits per heavy atom. The normalized spacial score (nSPS) is 15.3. The fraction of sp³-hybridized carbons (Fsp3) is 0.241. The molecule has 0 spiro atoms. The predicted octanol–water partition coefficient (Wildman–Crippen LogP) is 4.74. The van der Waals surface area contributed by atoms with Gasteiger partial charge in [-0.25, -0.2) is 14.4 Å². The van der Waals surface area contributed by atoms with E-state index in [4.69, 9.17) is 10.7 Å². The molecule has 190 valence electrons. The van der Waals surface area contributed by atoms with Crippen LogP contribution in [-0.4, -0.2) is 29.4 Å². The lowest BCUT2D eigenvalue weighted by Crippen LogP contribution is -2.20. The second kappa shape index (κ2) is 8.59. The van der Waals surface area contributed by atoms with Crippen molar-refractivity contribution in [3.05, 3.63) is 88.4 Å². The van der Waals surface area contributed by atoms with Crippen LogP contribution in [0.5, 0.6) is 0 Å². The van der Waals surface area contributed by atoms with E-state index in [9.17, 15) is 9.90 Å². The Balaban J connectivity index is 1.35. The maximum atomic E-state index is 15.1. The number of pyridine rings is 1. The number of aliphatic hydroxyl groups is 1. The van der Waals surface area contributed by atoms with Crippen molar-refractivity contribution in [2.75, 3.05) is 5.73 Å². The molecule has 3 aromatic heterocycles. The summed E-state index contributed by atoms with van der Waals surface area (Å²) in [5.74, 6) is 0.556. The van der Waals surface area contributed by atoms with Crippen LogP contribution in [0, 0.1) is 5.82 Å². The van der Waals surface area contributed by atoms with E-state index in [1.54, 1.807) is 36.7 Å². The molecule has 0 bridgehead atoms. The molecular weight excluding hydrogens is 483 g/mol. The number of aliphatic hydroxyl groups excluding tert-OH is 1. The lowest BCUT2D eigenvalue weighted by molar-refractivity contribution is 0.282. The molecule has 38 heavy (non-hydrogen) atoms. The van der Waals surface area contributed by atoms with Gasteiger partial charge in [-0.05, 0) is 60.7 Å². The van der Waals surface area contributed by atoms with Crippen LogP contribution < -0.4 is 11.3 Å². The van der Waals surface area contributed by atoms with Crippen molar-refractivity contribution in [1.29, 1.82) is 0 Å². The summed E-state index contributed by atoms with van der Waals surface area (Å²) in [7, 11) is 0. The van der Waals surface area contributed by atoms with Crippen molar-refractivity contribution in [2.45, 2.75) is 44.2 Å². The van der Waals surface area contributed by atoms with Gasteiger partial charge in [0.25, 0.3) is 5.56 Å². The lowest BCUT2D eigenvalue weighted by atomic mass is 10.0. The number of rotatable bonds is 6. The molecule has 0 radical (unpaired) electrons. The molecule has 0 atom stereocenters. The van der Waals surface area contributed by atoms with Crippen LogP contribution >= 0.6 is 0 Å². The fourth-order valence-corrected chi connectivity index (χ4v) is 5.12. The molecule has 0 unspecified atom stereocenters. The summed E-state index contributed by atoms with van der Waals surface area (Å²) in [6.07, 6.45) is 9.58. The molecule has 2 aromatic carbocycles. The highest BCUT2D eigenvalue weighted by molar-refractivity contribution is 5.84. The number of benzene rings is 2. The SMILES string of the molecule is Nc1cc(-c2cccc(-n3ccc4cc(C5CC5)cc(F)c4c3=O)c2CO)nc(-c2cnn(C3CC3)c2)n1. The third-order valence-electron chi connectivity index (χ3n) is 7.40. The Hall–Kier alpha value is -4.37. The standard InChI is InChI=1S/C29H25FN6O2/c30-23-11-18(16-4-5-16)10-17-8-9-35(29(38)27(17)23)25-3-1-2-21(22(25)15-37)24-12-26(31)34-28(33-24)19-13-32-36(14-19)20-6-7-20/h1-3,8-14,16,20,37H,4-7,15H2,(H2,31,33,34). The summed E-state index contributed by atoms with van der Waals surface area (Å²) in [5, 5.41) is 15.5. The summed E-state index contributed by atoms with van der Waals surface area (Å²) in [6, 6.07) is 12.5. The van der Waals surface area contributed by atoms with Crippen molar-refractivity contribution in [3.8, 4) is 28.3 Å². The zero-order valence-corrected chi connectivity index (χ0v) is 20.5. The Morgan fingerprint density at radius 3 is 2.68 bits per heavy atom. The van der Waals surface area contributed by atoms with Crippen LogP contribution in [0.2, 0.25) is 0 Å². The number of aromatic nitrogens is 5. The van der Waals surface area contributed by atoms with Gasteiger partial charge in [-0.15, -0.1) is 0 Å².